The van der Waals surface area contributed by atoms with Crippen molar-refractivity contribution in [2.24, 2.45) is 5.73 Å². The van der Waals surface area contributed by atoms with Crippen LogP contribution in [0.4, 0.5) is 0 Å². The molecule has 98 valence electrons. The maximum Gasteiger partial charge on any atom is 0.224 e. The van der Waals surface area contributed by atoms with Crippen LogP contribution in [0.1, 0.15) is 42.0 Å². The van der Waals surface area contributed by atoms with Crippen LogP contribution in [-0.4, -0.2) is 23.9 Å². The molecule has 0 aromatic heterocycles. The first kappa shape index (κ1) is 13.1. The highest BCUT2D eigenvalue weighted by atomic mass is 16.2. The molecule has 0 spiro atoms. The molecular weight excluding hydrogens is 224 g/mol. The lowest BCUT2D eigenvalue weighted by Crippen LogP contribution is -2.32. The van der Waals surface area contributed by atoms with Crippen molar-refractivity contribution in [1.82, 2.24) is 4.90 Å². The fourth-order valence-electron chi connectivity index (χ4n) is 2.79. The summed E-state index contributed by atoms with van der Waals surface area (Å²) < 4.78 is 0. The van der Waals surface area contributed by atoms with Crippen molar-refractivity contribution >= 4 is 5.91 Å². The highest BCUT2D eigenvalue weighted by Crippen LogP contribution is 2.34. The molecule has 0 radical (unpaired) electrons. The Morgan fingerprint density at radius 2 is 2.22 bits per heavy atom. The smallest absolute Gasteiger partial charge is 0.224 e. The summed E-state index contributed by atoms with van der Waals surface area (Å²) in [6.07, 6.45) is 2.62. The number of carbonyl (C=O) groups is 1. The number of rotatable bonds is 3. The summed E-state index contributed by atoms with van der Waals surface area (Å²) in [7, 11) is 0. The van der Waals surface area contributed by atoms with Crippen molar-refractivity contribution < 1.29 is 4.79 Å². The molecule has 1 unspecified atom stereocenters. The monoisotopic (exact) mass is 246 g/mol. The van der Waals surface area contributed by atoms with E-state index in [1.165, 1.54) is 16.7 Å². The van der Waals surface area contributed by atoms with E-state index in [0.717, 1.165) is 19.4 Å². The second kappa shape index (κ2) is 5.53. The zero-order chi connectivity index (χ0) is 13.1. The van der Waals surface area contributed by atoms with E-state index in [1.807, 2.05) is 4.90 Å². The van der Waals surface area contributed by atoms with E-state index < -0.39 is 0 Å². The van der Waals surface area contributed by atoms with Crippen molar-refractivity contribution in [3.05, 3.63) is 34.9 Å². The molecule has 1 saturated heterocycles. The summed E-state index contributed by atoms with van der Waals surface area (Å²) in [5, 5.41) is 0. The first-order chi connectivity index (χ1) is 8.65. The average molecular weight is 246 g/mol. The third kappa shape index (κ3) is 2.41. The normalized spacial score (nSPS) is 19.3. The molecule has 3 heteroatoms. The second-order valence-electron chi connectivity index (χ2n) is 5.07. The van der Waals surface area contributed by atoms with Gasteiger partial charge in [0.2, 0.25) is 5.91 Å². The topological polar surface area (TPSA) is 46.3 Å². The van der Waals surface area contributed by atoms with Crippen LogP contribution >= 0.6 is 0 Å². The summed E-state index contributed by atoms with van der Waals surface area (Å²) in [6.45, 7) is 5.58. The number of nitrogens with zero attached hydrogens (tertiary/aromatic N) is 1. The number of amides is 1. The molecule has 1 aliphatic rings. The Morgan fingerprint density at radius 3 is 2.94 bits per heavy atom. The van der Waals surface area contributed by atoms with Crippen molar-refractivity contribution in [3.63, 3.8) is 0 Å². The maximum absolute atomic E-state index is 12.1. The summed E-state index contributed by atoms with van der Waals surface area (Å²) in [5.74, 6) is 0.195. The molecule has 1 aromatic rings. The third-order valence-corrected chi connectivity index (χ3v) is 3.94. The van der Waals surface area contributed by atoms with Gasteiger partial charge >= 0.3 is 0 Å². The van der Waals surface area contributed by atoms with Gasteiger partial charge < -0.3 is 10.6 Å². The SMILES string of the molecule is Cc1cccc(C2CCCN2C(=O)CCN)c1C. The largest absolute Gasteiger partial charge is 0.336 e. The van der Waals surface area contributed by atoms with Crippen LogP contribution in [0, 0.1) is 13.8 Å². The molecule has 1 aliphatic heterocycles. The van der Waals surface area contributed by atoms with Gasteiger partial charge in [-0.15, -0.1) is 0 Å². The number of benzene rings is 1. The van der Waals surface area contributed by atoms with Gasteiger partial charge in [0, 0.05) is 19.5 Å². The predicted molar refractivity (Wildman–Crippen MR) is 73.3 cm³/mol. The Balaban J connectivity index is 2.26. The summed E-state index contributed by atoms with van der Waals surface area (Å²) >= 11 is 0. The van der Waals surface area contributed by atoms with Crippen LogP contribution in [0.25, 0.3) is 0 Å². The van der Waals surface area contributed by atoms with Crippen molar-refractivity contribution in [1.29, 1.82) is 0 Å². The lowest BCUT2D eigenvalue weighted by molar-refractivity contribution is -0.131. The van der Waals surface area contributed by atoms with Gasteiger partial charge in [0.25, 0.3) is 0 Å². The average Bonchev–Trinajstić information content (AvgIpc) is 2.82. The minimum absolute atomic E-state index is 0.195. The lowest BCUT2D eigenvalue weighted by Gasteiger charge is -2.26. The Morgan fingerprint density at radius 1 is 1.44 bits per heavy atom. The summed E-state index contributed by atoms with van der Waals surface area (Å²) in [5.41, 5.74) is 9.40. The van der Waals surface area contributed by atoms with Crippen LogP contribution in [0.3, 0.4) is 0 Å². The third-order valence-electron chi connectivity index (χ3n) is 3.94. The standard InChI is InChI=1S/C15H22N2O/c1-11-5-3-6-13(12(11)2)14-7-4-10-17(14)15(18)8-9-16/h3,5-6,14H,4,7-10,16H2,1-2H3. The molecular formula is C15H22N2O. The Bertz CT molecular complexity index is 442. The van der Waals surface area contributed by atoms with Crippen LogP contribution in [0.2, 0.25) is 0 Å². The van der Waals surface area contributed by atoms with Gasteiger partial charge in [0.15, 0.2) is 0 Å². The van der Waals surface area contributed by atoms with E-state index >= 15 is 0 Å². The molecule has 1 amide bonds. The molecule has 18 heavy (non-hydrogen) atoms. The molecule has 1 atom stereocenters. The van der Waals surface area contributed by atoms with Crippen LogP contribution in [0.15, 0.2) is 18.2 Å². The van der Waals surface area contributed by atoms with Gasteiger partial charge in [-0.2, -0.15) is 0 Å². The minimum Gasteiger partial charge on any atom is -0.336 e. The molecule has 1 aromatic carbocycles. The lowest BCUT2D eigenvalue weighted by atomic mass is 9.96. The minimum atomic E-state index is 0.195. The van der Waals surface area contributed by atoms with E-state index in [1.54, 1.807) is 0 Å². The molecule has 0 bridgehead atoms. The van der Waals surface area contributed by atoms with Crippen molar-refractivity contribution in [2.75, 3.05) is 13.1 Å². The molecule has 0 aliphatic carbocycles. The number of likely N-dealkylation sites (tertiary alicyclic amines) is 1. The molecule has 1 fully saturated rings. The zero-order valence-corrected chi connectivity index (χ0v) is 11.3. The Hall–Kier alpha value is -1.35. The molecule has 1 heterocycles. The van der Waals surface area contributed by atoms with Gasteiger partial charge in [0.1, 0.15) is 0 Å². The fourth-order valence-corrected chi connectivity index (χ4v) is 2.79. The molecule has 2 rings (SSSR count). The second-order valence-corrected chi connectivity index (χ2v) is 5.07. The highest BCUT2D eigenvalue weighted by Gasteiger charge is 2.30. The van der Waals surface area contributed by atoms with E-state index in [9.17, 15) is 4.79 Å². The number of carbonyl (C=O) groups excluding carboxylic acids is 1. The van der Waals surface area contributed by atoms with E-state index in [4.69, 9.17) is 5.73 Å². The van der Waals surface area contributed by atoms with Gasteiger partial charge in [-0.3, -0.25) is 4.79 Å². The van der Waals surface area contributed by atoms with Crippen LogP contribution < -0.4 is 5.73 Å². The zero-order valence-electron chi connectivity index (χ0n) is 11.3. The van der Waals surface area contributed by atoms with Gasteiger partial charge in [0.05, 0.1) is 6.04 Å². The Kier molecular flexibility index (Phi) is 4.02. The van der Waals surface area contributed by atoms with Crippen LogP contribution in [-0.2, 0) is 4.79 Å². The van der Waals surface area contributed by atoms with Gasteiger partial charge in [-0.05, 0) is 43.4 Å². The van der Waals surface area contributed by atoms with Gasteiger partial charge in [-0.1, -0.05) is 18.2 Å². The molecule has 0 saturated carbocycles. The number of hydrogen-bond donors (Lipinski definition) is 1. The van der Waals surface area contributed by atoms with E-state index in [2.05, 4.69) is 32.0 Å². The van der Waals surface area contributed by atoms with Gasteiger partial charge in [-0.25, -0.2) is 0 Å². The fraction of sp³-hybridized carbons (Fsp3) is 0.533. The number of nitrogens with two attached hydrogens (primary N) is 1. The predicted octanol–water partition coefficient (Wildman–Crippen LogP) is 2.32. The highest BCUT2D eigenvalue weighted by molar-refractivity contribution is 5.77. The summed E-state index contributed by atoms with van der Waals surface area (Å²) in [6, 6.07) is 6.62. The van der Waals surface area contributed by atoms with E-state index in [0.29, 0.717) is 13.0 Å². The number of hydrogen-bond acceptors (Lipinski definition) is 2. The van der Waals surface area contributed by atoms with Crippen molar-refractivity contribution in [3.8, 4) is 0 Å². The van der Waals surface area contributed by atoms with Crippen LogP contribution in [0.5, 0.6) is 0 Å². The van der Waals surface area contributed by atoms with Crippen molar-refractivity contribution in [2.45, 2.75) is 39.2 Å². The summed E-state index contributed by atoms with van der Waals surface area (Å²) in [4.78, 5) is 14.1. The first-order valence-electron chi connectivity index (χ1n) is 6.70. The number of aryl methyl sites for hydroxylation is 1. The van der Waals surface area contributed by atoms with E-state index in [-0.39, 0.29) is 11.9 Å². The first-order valence-corrected chi connectivity index (χ1v) is 6.70. The quantitative estimate of drug-likeness (QED) is 0.889. The maximum atomic E-state index is 12.1. The Labute approximate surface area is 109 Å². The molecule has 2 N–H and O–H groups in total. The molecule has 3 nitrogen and oxygen atoms in total.